The molecule has 0 N–H and O–H groups in total. The lowest BCUT2D eigenvalue weighted by atomic mass is 9.72. The van der Waals surface area contributed by atoms with E-state index in [1.807, 2.05) is 68.5 Å². The van der Waals surface area contributed by atoms with Gasteiger partial charge in [-0.1, -0.05) is 55.8 Å². The summed E-state index contributed by atoms with van der Waals surface area (Å²) in [4.78, 5) is 13.8. The van der Waals surface area contributed by atoms with Crippen molar-refractivity contribution in [1.82, 2.24) is 15.0 Å². The van der Waals surface area contributed by atoms with Gasteiger partial charge in [-0.25, -0.2) is 8.42 Å². The van der Waals surface area contributed by atoms with Crippen molar-refractivity contribution in [1.29, 1.82) is 0 Å². The van der Waals surface area contributed by atoms with E-state index in [4.69, 9.17) is 4.98 Å². The zero-order valence-corrected chi connectivity index (χ0v) is 21.7. The molecular weight excluding hydrogens is 454 g/mol. The maximum absolute atomic E-state index is 13.1. The third-order valence-electron chi connectivity index (χ3n) is 6.53. The Labute approximate surface area is 209 Å². The van der Waals surface area contributed by atoms with Crippen LogP contribution in [-0.4, -0.2) is 29.1 Å². The van der Waals surface area contributed by atoms with Gasteiger partial charge in [0.05, 0.1) is 28.6 Å². The Morgan fingerprint density at radius 1 is 0.857 bits per heavy atom. The normalized spacial score (nSPS) is 20.3. The molecule has 5 nitrogen and oxygen atoms in total. The quantitative estimate of drug-likeness (QED) is 0.416. The van der Waals surface area contributed by atoms with E-state index < -0.39 is 9.84 Å². The molecule has 1 unspecified atom stereocenters. The first-order chi connectivity index (χ1) is 16.6. The number of aryl methyl sites for hydroxylation is 2. The van der Waals surface area contributed by atoms with Crippen LogP contribution in [0.1, 0.15) is 55.4 Å². The van der Waals surface area contributed by atoms with Gasteiger partial charge in [0.1, 0.15) is 0 Å². The van der Waals surface area contributed by atoms with E-state index in [2.05, 4.69) is 36.0 Å². The lowest BCUT2D eigenvalue weighted by molar-refractivity contribution is 0.292. The second-order valence-corrected chi connectivity index (χ2v) is 12.2. The molecule has 0 spiro atoms. The Hall–Kier alpha value is -3.12. The molecule has 0 saturated carbocycles. The molecule has 0 bridgehead atoms. The number of sulfone groups is 1. The molecule has 1 aliphatic carbocycles. The van der Waals surface area contributed by atoms with Gasteiger partial charge in [0.25, 0.3) is 0 Å². The number of rotatable bonds is 6. The molecule has 3 aromatic heterocycles. The van der Waals surface area contributed by atoms with Crippen LogP contribution in [0.15, 0.2) is 78.4 Å². The molecule has 0 fully saturated rings. The van der Waals surface area contributed by atoms with E-state index in [9.17, 15) is 8.42 Å². The van der Waals surface area contributed by atoms with Crippen molar-refractivity contribution in [3.63, 3.8) is 0 Å². The van der Waals surface area contributed by atoms with E-state index in [0.717, 1.165) is 41.2 Å². The lowest BCUT2D eigenvalue weighted by Crippen LogP contribution is -2.24. The maximum Gasteiger partial charge on any atom is 0.159 e. The van der Waals surface area contributed by atoms with Gasteiger partial charge in [-0.15, -0.1) is 0 Å². The molecule has 3 aromatic rings. The largest absolute Gasteiger partial charge is 0.258 e. The van der Waals surface area contributed by atoms with Crippen molar-refractivity contribution < 1.29 is 8.42 Å². The number of allylic oxidation sites excluding steroid dienone is 3. The minimum absolute atomic E-state index is 0.0371. The minimum atomic E-state index is -3.38. The fraction of sp³-hybridized carbons (Fsp3) is 0.345. The smallest absolute Gasteiger partial charge is 0.159 e. The fourth-order valence-corrected chi connectivity index (χ4v) is 6.11. The predicted octanol–water partition coefficient (Wildman–Crippen LogP) is 6.16. The zero-order chi connectivity index (χ0) is 25.1. The van der Waals surface area contributed by atoms with Crippen LogP contribution in [0.3, 0.4) is 0 Å². The van der Waals surface area contributed by atoms with Gasteiger partial charge in [-0.3, -0.25) is 15.0 Å². The van der Waals surface area contributed by atoms with E-state index in [1.165, 1.54) is 0 Å². The number of hydrogen-bond acceptors (Lipinski definition) is 5. The molecule has 1 atom stereocenters. The first kappa shape index (κ1) is 25.0. The first-order valence-corrected chi connectivity index (χ1v) is 13.8. The Morgan fingerprint density at radius 3 is 2.23 bits per heavy atom. The van der Waals surface area contributed by atoms with Crippen molar-refractivity contribution >= 4 is 9.84 Å². The van der Waals surface area contributed by atoms with Gasteiger partial charge in [-0.2, -0.15) is 0 Å². The molecule has 35 heavy (non-hydrogen) atoms. The summed E-state index contributed by atoms with van der Waals surface area (Å²) in [7, 11) is -3.38. The number of hydrogen-bond donors (Lipinski definition) is 0. The van der Waals surface area contributed by atoms with Gasteiger partial charge in [0.2, 0.25) is 0 Å². The topological polar surface area (TPSA) is 72.8 Å². The van der Waals surface area contributed by atoms with Gasteiger partial charge in [0.15, 0.2) is 9.84 Å². The van der Waals surface area contributed by atoms with Gasteiger partial charge < -0.3 is 0 Å². The van der Waals surface area contributed by atoms with E-state index in [1.54, 1.807) is 6.07 Å². The van der Waals surface area contributed by atoms with Crippen molar-refractivity contribution in [2.45, 2.75) is 52.2 Å². The summed E-state index contributed by atoms with van der Waals surface area (Å²) in [5, 5.41) is 0. The Balaban J connectivity index is 1.50. The minimum Gasteiger partial charge on any atom is -0.258 e. The summed E-state index contributed by atoms with van der Waals surface area (Å²) < 4.78 is 26.2. The molecule has 4 rings (SSSR count). The zero-order valence-electron chi connectivity index (χ0n) is 20.9. The van der Waals surface area contributed by atoms with E-state index >= 15 is 0 Å². The SMILES string of the molecule is Cc1cccc(-c2cccc(CS(=O)(=O)C/C3=C/C=C\C(c4cccc(C)n4)C(C)(C)CC3)n2)n1. The van der Waals surface area contributed by atoms with Crippen molar-refractivity contribution in [2.75, 3.05) is 5.75 Å². The van der Waals surface area contributed by atoms with Crippen molar-refractivity contribution in [3.05, 3.63) is 101 Å². The molecule has 0 saturated heterocycles. The standard InChI is InChI=1S/C29H33N3O2S/c1-21-9-5-14-26(30-21)25-13-7-11-23(17-18-29(25,3)4)19-35(33,34)20-24-12-8-16-28(32-24)27-15-6-10-22(2)31-27/h5-16,25H,17-20H2,1-4H3/b13-7-,23-11+. The summed E-state index contributed by atoms with van der Waals surface area (Å²) in [5.41, 5.74) is 5.83. The van der Waals surface area contributed by atoms with Crippen LogP contribution in [0.5, 0.6) is 0 Å². The monoisotopic (exact) mass is 487 g/mol. The molecule has 0 aliphatic heterocycles. The third kappa shape index (κ3) is 6.51. The van der Waals surface area contributed by atoms with Crippen molar-refractivity contribution in [3.8, 4) is 11.4 Å². The van der Waals surface area contributed by atoms with E-state index in [0.29, 0.717) is 11.4 Å². The third-order valence-corrected chi connectivity index (χ3v) is 8.07. The number of aromatic nitrogens is 3. The molecule has 0 radical (unpaired) electrons. The fourth-order valence-electron chi connectivity index (χ4n) is 4.59. The summed E-state index contributed by atoms with van der Waals surface area (Å²) in [5.74, 6) is 0.126. The maximum atomic E-state index is 13.1. The van der Waals surface area contributed by atoms with Gasteiger partial charge >= 0.3 is 0 Å². The van der Waals surface area contributed by atoms with Crippen LogP contribution in [0.4, 0.5) is 0 Å². The summed E-state index contributed by atoms with van der Waals surface area (Å²) in [6.45, 7) is 8.40. The predicted molar refractivity (Wildman–Crippen MR) is 142 cm³/mol. The second-order valence-electron chi connectivity index (χ2n) is 10.1. The Kier molecular flexibility index (Phi) is 7.31. The van der Waals surface area contributed by atoms with Crippen LogP contribution in [-0.2, 0) is 15.6 Å². The Bertz CT molecular complexity index is 1370. The van der Waals surface area contributed by atoms with Crippen LogP contribution in [0.2, 0.25) is 0 Å². The molecular formula is C29H33N3O2S. The summed E-state index contributed by atoms with van der Waals surface area (Å²) in [6, 6.07) is 17.4. The van der Waals surface area contributed by atoms with Crippen LogP contribution in [0, 0.1) is 19.3 Å². The van der Waals surface area contributed by atoms with Crippen LogP contribution < -0.4 is 0 Å². The highest BCUT2D eigenvalue weighted by atomic mass is 32.2. The average molecular weight is 488 g/mol. The van der Waals surface area contributed by atoms with E-state index in [-0.39, 0.29) is 22.8 Å². The van der Waals surface area contributed by atoms with Gasteiger partial charge in [0, 0.05) is 23.0 Å². The number of pyridine rings is 3. The molecule has 1 aliphatic rings. The van der Waals surface area contributed by atoms with Crippen LogP contribution >= 0.6 is 0 Å². The molecule has 6 heteroatoms. The first-order valence-electron chi connectivity index (χ1n) is 12.0. The number of nitrogens with zero attached hydrogens (tertiary/aromatic N) is 3. The lowest BCUT2D eigenvalue weighted by Gasteiger charge is -2.33. The highest BCUT2D eigenvalue weighted by Gasteiger charge is 2.31. The highest BCUT2D eigenvalue weighted by Crippen LogP contribution is 2.41. The molecule has 3 heterocycles. The van der Waals surface area contributed by atoms with Crippen molar-refractivity contribution in [2.24, 2.45) is 5.41 Å². The molecule has 0 aromatic carbocycles. The molecule has 182 valence electrons. The average Bonchev–Trinajstić information content (AvgIpc) is 2.79. The van der Waals surface area contributed by atoms with Crippen LogP contribution in [0.25, 0.3) is 11.4 Å². The summed E-state index contributed by atoms with van der Waals surface area (Å²) in [6.07, 6.45) is 7.75. The molecule has 0 amide bonds. The highest BCUT2D eigenvalue weighted by molar-refractivity contribution is 7.90. The summed E-state index contributed by atoms with van der Waals surface area (Å²) >= 11 is 0. The Morgan fingerprint density at radius 2 is 1.51 bits per heavy atom. The second kappa shape index (κ2) is 10.2. The van der Waals surface area contributed by atoms with Gasteiger partial charge in [-0.05, 0) is 68.5 Å².